The fourth-order valence-electron chi connectivity index (χ4n) is 2.28. The highest BCUT2D eigenvalue weighted by Gasteiger charge is 2.28. The van der Waals surface area contributed by atoms with Crippen LogP contribution in [0.15, 0.2) is 17.0 Å². The Morgan fingerprint density at radius 3 is 2.38 bits per heavy atom. The predicted octanol–water partition coefficient (Wildman–Crippen LogP) is 2.05. The van der Waals surface area contributed by atoms with E-state index >= 15 is 0 Å². The lowest BCUT2D eigenvalue weighted by atomic mass is 10.1. The van der Waals surface area contributed by atoms with Crippen molar-refractivity contribution in [1.29, 1.82) is 0 Å². The molecule has 0 amide bonds. The molecule has 0 saturated heterocycles. The zero-order valence-corrected chi connectivity index (χ0v) is 14.3. The maximum Gasteiger partial charge on any atom is 0.243 e. The SMILES string of the molecule is CCc1cc(N)c(CC)c(S(=O)(=O)N(C)C(C)COC)c1. The monoisotopic (exact) mass is 314 g/mol. The van der Waals surface area contributed by atoms with Crippen molar-refractivity contribution in [2.75, 3.05) is 26.5 Å². The van der Waals surface area contributed by atoms with Gasteiger partial charge in [0, 0.05) is 25.9 Å². The van der Waals surface area contributed by atoms with Crippen molar-refractivity contribution in [1.82, 2.24) is 4.31 Å². The van der Waals surface area contributed by atoms with E-state index in [0.29, 0.717) is 29.2 Å². The number of nitrogens with zero attached hydrogens (tertiary/aromatic N) is 1. The maximum atomic E-state index is 12.9. The molecule has 1 aromatic rings. The Hall–Kier alpha value is -1.11. The molecule has 5 nitrogen and oxygen atoms in total. The minimum Gasteiger partial charge on any atom is -0.398 e. The second kappa shape index (κ2) is 7.24. The molecular weight excluding hydrogens is 288 g/mol. The average Bonchev–Trinajstić information content (AvgIpc) is 2.45. The van der Waals surface area contributed by atoms with Crippen LogP contribution in [-0.2, 0) is 27.6 Å². The number of sulfonamides is 1. The largest absolute Gasteiger partial charge is 0.398 e. The molecule has 1 unspecified atom stereocenters. The Balaban J connectivity index is 3.39. The van der Waals surface area contributed by atoms with Gasteiger partial charge < -0.3 is 10.5 Å². The molecule has 0 aliphatic carbocycles. The molecule has 1 atom stereocenters. The first-order chi connectivity index (χ1) is 9.79. The normalized spacial score (nSPS) is 13.6. The van der Waals surface area contributed by atoms with E-state index in [4.69, 9.17) is 10.5 Å². The van der Waals surface area contributed by atoms with Crippen LogP contribution in [0, 0.1) is 0 Å². The highest BCUT2D eigenvalue weighted by molar-refractivity contribution is 7.89. The molecule has 0 spiro atoms. The summed E-state index contributed by atoms with van der Waals surface area (Å²) in [6.07, 6.45) is 1.32. The molecule has 0 bridgehead atoms. The van der Waals surface area contributed by atoms with Gasteiger partial charge in [-0.15, -0.1) is 0 Å². The van der Waals surface area contributed by atoms with E-state index in [1.807, 2.05) is 26.8 Å². The number of methoxy groups -OCH3 is 1. The summed E-state index contributed by atoms with van der Waals surface area (Å²) in [5.74, 6) is 0. The summed E-state index contributed by atoms with van der Waals surface area (Å²) < 4.78 is 32.1. The summed E-state index contributed by atoms with van der Waals surface area (Å²) in [6.45, 7) is 6.06. The van der Waals surface area contributed by atoms with Crippen LogP contribution in [0.25, 0.3) is 0 Å². The van der Waals surface area contributed by atoms with Gasteiger partial charge in [-0.3, -0.25) is 0 Å². The summed E-state index contributed by atoms with van der Waals surface area (Å²) in [6, 6.07) is 3.35. The molecule has 0 aliphatic heterocycles. The second-order valence-electron chi connectivity index (χ2n) is 5.19. The van der Waals surface area contributed by atoms with Gasteiger partial charge in [0.2, 0.25) is 10.0 Å². The quantitative estimate of drug-likeness (QED) is 0.782. The van der Waals surface area contributed by atoms with Crippen LogP contribution in [0.2, 0.25) is 0 Å². The maximum absolute atomic E-state index is 12.9. The minimum absolute atomic E-state index is 0.240. The van der Waals surface area contributed by atoms with Crippen LogP contribution in [0.4, 0.5) is 5.69 Å². The van der Waals surface area contributed by atoms with Gasteiger partial charge in [0.15, 0.2) is 0 Å². The van der Waals surface area contributed by atoms with Gasteiger partial charge in [-0.05, 0) is 43.0 Å². The Bertz CT molecular complexity index is 585. The Kier molecular flexibility index (Phi) is 6.19. The summed E-state index contributed by atoms with van der Waals surface area (Å²) in [4.78, 5) is 0.312. The van der Waals surface area contributed by atoms with Crippen molar-refractivity contribution in [2.24, 2.45) is 0 Å². The molecule has 0 aromatic heterocycles. The van der Waals surface area contributed by atoms with Crippen LogP contribution < -0.4 is 5.73 Å². The van der Waals surface area contributed by atoms with Gasteiger partial charge in [-0.1, -0.05) is 13.8 Å². The zero-order chi connectivity index (χ0) is 16.2. The molecule has 120 valence electrons. The Morgan fingerprint density at radius 1 is 1.29 bits per heavy atom. The standard InChI is InChI=1S/C15H26N2O3S/c1-6-12-8-14(16)13(7-2)15(9-12)21(18,19)17(4)11(3)10-20-5/h8-9,11H,6-7,10,16H2,1-5H3. The number of ether oxygens (including phenoxy) is 1. The number of anilines is 1. The van der Waals surface area contributed by atoms with Crippen LogP contribution in [-0.4, -0.2) is 39.5 Å². The Labute approximate surface area is 128 Å². The smallest absolute Gasteiger partial charge is 0.243 e. The zero-order valence-electron chi connectivity index (χ0n) is 13.5. The minimum atomic E-state index is -3.58. The summed E-state index contributed by atoms with van der Waals surface area (Å²) in [5, 5.41) is 0. The van der Waals surface area contributed by atoms with Crippen LogP contribution in [0.1, 0.15) is 31.9 Å². The average molecular weight is 314 g/mol. The van der Waals surface area contributed by atoms with Gasteiger partial charge in [0.05, 0.1) is 11.5 Å². The molecule has 6 heteroatoms. The van der Waals surface area contributed by atoms with E-state index in [0.717, 1.165) is 12.0 Å². The van der Waals surface area contributed by atoms with Gasteiger partial charge in [0.25, 0.3) is 0 Å². The van der Waals surface area contributed by atoms with E-state index in [9.17, 15) is 8.42 Å². The van der Waals surface area contributed by atoms with Crippen molar-refractivity contribution in [3.63, 3.8) is 0 Å². The molecule has 0 radical (unpaired) electrons. The summed E-state index contributed by atoms with van der Waals surface area (Å²) >= 11 is 0. The highest BCUT2D eigenvalue weighted by atomic mass is 32.2. The molecule has 0 saturated carbocycles. The first-order valence-electron chi connectivity index (χ1n) is 7.17. The number of nitrogens with two attached hydrogens (primary N) is 1. The third-order valence-corrected chi connectivity index (χ3v) is 5.79. The molecule has 1 rings (SSSR count). The van der Waals surface area contributed by atoms with Gasteiger partial charge in [-0.25, -0.2) is 8.42 Å². The number of rotatable bonds is 7. The van der Waals surface area contributed by atoms with Crippen molar-refractivity contribution in [3.8, 4) is 0 Å². The number of nitrogen functional groups attached to an aromatic ring is 1. The Morgan fingerprint density at radius 2 is 1.90 bits per heavy atom. The molecule has 1 aromatic carbocycles. The second-order valence-corrected chi connectivity index (χ2v) is 7.16. The molecular formula is C15H26N2O3S. The number of hydrogen-bond donors (Lipinski definition) is 1. The highest BCUT2D eigenvalue weighted by Crippen LogP contribution is 2.28. The number of hydrogen-bond acceptors (Lipinski definition) is 4. The summed E-state index contributed by atoms with van der Waals surface area (Å²) in [7, 11) is -0.449. The number of likely N-dealkylation sites (N-methyl/N-ethyl adjacent to an activating group) is 1. The number of aryl methyl sites for hydroxylation is 1. The predicted molar refractivity (Wildman–Crippen MR) is 85.9 cm³/mol. The van der Waals surface area contributed by atoms with Gasteiger partial charge in [-0.2, -0.15) is 4.31 Å². The fourth-order valence-corrected chi connectivity index (χ4v) is 4.00. The van der Waals surface area contributed by atoms with E-state index in [2.05, 4.69) is 0 Å². The van der Waals surface area contributed by atoms with Gasteiger partial charge in [0.1, 0.15) is 0 Å². The number of benzene rings is 1. The first-order valence-corrected chi connectivity index (χ1v) is 8.61. The van der Waals surface area contributed by atoms with Crippen LogP contribution in [0.5, 0.6) is 0 Å². The lowest BCUT2D eigenvalue weighted by molar-refractivity contribution is 0.149. The van der Waals surface area contributed by atoms with Crippen LogP contribution in [0.3, 0.4) is 0 Å². The van der Waals surface area contributed by atoms with Crippen molar-refractivity contribution >= 4 is 15.7 Å². The molecule has 0 heterocycles. The van der Waals surface area contributed by atoms with Crippen molar-refractivity contribution in [2.45, 2.75) is 44.6 Å². The lowest BCUT2D eigenvalue weighted by Crippen LogP contribution is -2.38. The third-order valence-electron chi connectivity index (χ3n) is 3.75. The molecule has 21 heavy (non-hydrogen) atoms. The lowest BCUT2D eigenvalue weighted by Gasteiger charge is -2.25. The van der Waals surface area contributed by atoms with E-state index in [1.165, 1.54) is 4.31 Å². The van der Waals surface area contributed by atoms with E-state index in [-0.39, 0.29) is 6.04 Å². The van der Waals surface area contributed by atoms with E-state index in [1.54, 1.807) is 20.2 Å². The molecule has 0 aliphatic rings. The van der Waals surface area contributed by atoms with Gasteiger partial charge >= 0.3 is 0 Å². The fraction of sp³-hybridized carbons (Fsp3) is 0.600. The third kappa shape index (κ3) is 3.75. The van der Waals surface area contributed by atoms with Crippen molar-refractivity contribution in [3.05, 3.63) is 23.3 Å². The van der Waals surface area contributed by atoms with E-state index < -0.39 is 10.0 Å². The summed E-state index contributed by atoms with van der Waals surface area (Å²) in [5.41, 5.74) is 8.19. The van der Waals surface area contributed by atoms with Crippen LogP contribution >= 0.6 is 0 Å². The topological polar surface area (TPSA) is 72.6 Å². The molecule has 0 fully saturated rings. The first kappa shape index (κ1) is 17.9. The molecule has 2 N–H and O–H groups in total. The van der Waals surface area contributed by atoms with Crippen molar-refractivity contribution < 1.29 is 13.2 Å².